The molecule has 1 aliphatic heterocycles. The monoisotopic (exact) mass is 797 g/mol. The van der Waals surface area contributed by atoms with Gasteiger partial charge in [0.15, 0.2) is 5.75 Å². The van der Waals surface area contributed by atoms with E-state index >= 15 is 0 Å². The molecule has 2 aromatic heterocycles. The summed E-state index contributed by atoms with van der Waals surface area (Å²) in [6.45, 7) is 0. The van der Waals surface area contributed by atoms with Crippen molar-refractivity contribution in [1.82, 2.24) is 9.13 Å². The first-order valence-electron chi connectivity index (χ1n) is 22.0. The number of nitrogens with zero attached hydrogens (tertiary/aromatic N) is 3. The first-order chi connectivity index (χ1) is 30.7. The van der Waals surface area contributed by atoms with Crippen molar-refractivity contribution in [3.8, 4) is 22.6 Å². The Morgan fingerprint density at radius 2 is 1.37 bits per heavy atom. The van der Waals surface area contributed by atoms with Crippen LogP contribution >= 0.6 is 0 Å². The fourth-order valence-electron chi connectivity index (χ4n) is 10.7. The average molecular weight is 798 g/mol. The lowest BCUT2D eigenvalue weighted by Crippen LogP contribution is -2.25. The Morgan fingerprint density at radius 3 is 2.26 bits per heavy atom. The second kappa shape index (κ2) is 13.7. The van der Waals surface area contributed by atoms with Gasteiger partial charge in [-0.15, -0.1) is 0 Å². The summed E-state index contributed by atoms with van der Waals surface area (Å²) in [5, 5.41) is 5.02. The Bertz CT molecular complexity index is 3450. The zero-order valence-corrected chi connectivity index (χ0v) is 34.3. The number of hydrogen-bond acceptors (Lipinski definition) is 2. The molecule has 4 nitrogen and oxygen atoms in total. The van der Waals surface area contributed by atoms with Crippen LogP contribution in [0.3, 0.4) is 0 Å². The van der Waals surface area contributed by atoms with E-state index in [0.717, 1.165) is 42.9 Å². The number of hydrogen-bond donors (Lipinski definition) is 0. The average Bonchev–Trinajstić information content (AvgIpc) is 4.01. The second-order valence-corrected chi connectivity index (χ2v) is 17.2. The van der Waals surface area contributed by atoms with Crippen LogP contribution in [0, 0.1) is 5.92 Å². The van der Waals surface area contributed by atoms with Crippen molar-refractivity contribution < 1.29 is 4.74 Å². The van der Waals surface area contributed by atoms with Crippen molar-refractivity contribution in [1.29, 1.82) is 0 Å². The number of fused-ring (bicyclic) bond motifs is 10. The van der Waals surface area contributed by atoms with E-state index in [1.807, 2.05) is 0 Å². The van der Waals surface area contributed by atoms with Crippen LogP contribution in [0.2, 0.25) is 0 Å². The third kappa shape index (κ3) is 5.32. The van der Waals surface area contributed by atoms with Crippen LogP contribution in [0.5, 0.6) is 11.5 Å². The highest BCUT2D eigenvalue weighted by Gasteiger charge is 2.56. The SMILES string of the molecule is C1=CCC=C(N(C2=CC3CC3(n3c4ccccc4c4c(-c5ccc6c(c5)c5ccccc5n6C5=CCC=CC=C5)cc5c(c43)Oc3ccccc3C5)C=C2)c2ccccc2)C=C1. The summed E-state index contributed by atoms with van der Waals surface area (Å²) in [7, 11) is 0. The topological polar surface area (TPSA) is 22.3 Å². The largest absolute Gasteiger partial charge is 0.455 e. The van der Waals surface area contributed by atoms with Crippen molar-refractivity contribution in [2.75, 3.05) is 4.90 Å². The van der Waals surface area contributed by atoms with E-state index < -0.39 is 0 Å². The van der Waals surface area contributed by atoms with Gasteiger partial charge >= 0.3 is 0 Å². The van der Waals surface area contributed by atoms with Gasteiger partial charge in [-0.1, -0.05) is 140 Å². The van der Waals surface area contributed by atoms with E-state index in [4.69, 9.17) is 4.74 Å². The number of ether oxygens (including phenoxy) is 1. The quantitative estimate of drug-likeness (QED) is 0.167. The number of benzene rings is 6. The van der Waals surface area contributed by atoms with E-state index in [-0.39, 0.29) is 5.54 Å². The zero-order chi connectivity index (χ0) is 40.8. The third-order valence-corrected chi connectivity index (χ3v) is 13.6. The Labute approximate surface area is 361 Å². The van der Waals surface area contributed by atoms with E-state index in [1.54, 1.807) is 0 Å². The van der Waals surface area contributed by atoms with Gasteiger partial charge in [-0.25, -0.2) is 0 Å². The molecule has 0 radical (unpaired) electrons. The maximum Gasteiger partial charge on any atom is 0.155 e. The van der Waals surface area contributed by atoms with Gasteiger partial charge in [0.05, 0.1) is 27.6 Å². The van der Waals surface area contributed by atoms with Crippen molar-refractivity contribution in [3.63, 3.8) is 0 Å². The van der Waals surface area contributed by atoms with Crippen LogP contribution in [0.25, 0.3) is 60.4 Å². The minimum Gasteiger partial charge on any atom is -0.455 e. The Hall–Kier alpha value is -7.56. The first-order valence-corrected chi connectivity index (χ1v) is 22.0. The molecule has 4 aliphatic carbocycles. The highest BCUT2D eigenvalue weighted by Crippen LogP contribution is 2.60. The molecule has 0 N–H and O–H groups in total. The summed E-state index contributed by atoms with van der Waals surface area (Å²) in [5.74, 6) is 2.23. The van der Waals surface area contributed by atoms with Gasteiger partial charge < -0.3 is 18.8 Å². The number of para-hydroxylation sites is 4. The van der Waals surface area contributed by atoms with Gasteiger partial charge in [-0.3, -0.25) is 0 Å². The molecule has 0 amide bonds. The van der Waals surface area contributed by atoms with E-state index in [2.05, 4.69) is 220 Å². The van der Waals surface area contributed by atoms with E-state index in [9.17, 15) is 0 Å². The maximum atomic E-state index is 7.11. The summed E-state index contributed by atoms with van der Waals surface area (Å²) in [4.78, 5) is 2.42. The molecule has 0 bridgehead atoms. The van der Waals surface area contributed by atoms with Crippen molar-refractivity contribution >= 4 is 55.0 Å². The van der Waals surface area contributed by atoms with Crippen LogP contribution in [0.15, 0.2) is 218 Å². The summed E-state index contributed by atoms with van der Waals surface area (Å²) in [5.41, 5.74) is 14.3. The third-order valence-electron chi connectivity index (χ3n) is 13.6. The number of anilines is 1. The lowest BCUT2D eigenvalue weighted by molar-refractivity contribution is 0.460. The van der Waals surface area contributed by atoms with Crippen molar-refractivity contribution in [2.45, 2.75) is 31.2 Å². The van der Waals surface area contributed by atoms with E-state index in [1.165, 1.54) is 83.0 Å². The van der Waals surface area contributed by atoms with Gasteiger partial charge in [-0.05, 0) is 103 Å². The van der Waals surface area contributed by atoms with Gasteiger partial charge in [0.2, 0.25) is 0 Å². The molecule has 1 saturated carbocycles. The highest BCUT2D eigenvalue weighted by molar-refractivity contribution is 6.19. The lowest BCUT2D eigenvalue weighted by Gasteiger charge is -2.31. The molecular weight excluding hydrogens is 755 g/mol. The van der Waals surface area contributed by atoms with Crippen molar-refractivity contribution in [3.05, 3.63) is 229 Å². The minimum absolute atomic E-state index is 0.235. The molecule has 62 heavy (non-hydrogen) atoms. The van der Waals surface area contributed by atoms with Crippen LogP contribution in [0.1, 0.15) is 30.4 Å². The van der Waals surface area contributed by atoms with Gasteiger partial charge in [0, 0.05) is 62.2 Å². The number of aromatic nitrogens is 2. The molecule has 6 aromatic carbocycles. The lowest BCUT2D eigenvalue weighted by atomic mass is 9.91. The second-order valence-electron chi connectivity index (χ2n) is 17.2. The Morgan fingerprint density at radius 1 is 0.613 bits per heavy atom. The molecule has 4 heteroatoms. The first kappa shape index (κ1) is 35.2. The van der Waals surface area contributed by atoms with E-state index in [0.29, 0.717) is 5.92 Å². The number of allylic oxidation sites excluding steroid dienone is 14. The van der Waals surface area contributed by atoms with Crippen LogP contribution < -0.4 is 9.64 Å². The molecule has 2 unspecified atom stereocenters. The summed E-state index contributed by atoms with van der Waals surface area (Å²) in [6.07, 6.45) is 33.1. The molecule has 3 heterocycles. The zero-order valence-electron chi connectivity index (χ0n) is 34.3. The standard InChI is InChI=1S/C58H43N3O/c1-2-7-20-43(19-6-1)59(44-21-10-5-11-22-44)46-32-33-58(38-42(58)37-46)61-53-28-16-14-26-48(53)55-49(36-41-34-40-18-12-17-29-54(40)62-57(41)56(55)61)39-30-31-52-50(35-39)47-25-13-15-27-51(47)60(52)45-23-8-3-4-9-24-45/h1-6,8,10-33,35-37,42H,7,9,34,38H2. The minimum atomic E-state index is -0.235. The Balaban J connectivity index is 1.02. The van der Waals surface area contributed by atoms with Crippen LogP contribution in [-0.2, 0) is 12.0 Å². The van der Waals surface area contributed by atoms with Gasteiger partial charge in [-0.2, -0.15) is 0 Å². The molecule has 2 atom stereocenters. The molecule has 0 spiro atoms. The molecule has 296 valence electrons. The molecular formula is C58H43N3O. The van der Waals surface area contributed by atoms with Gasteiger partial charge in [0.1, 0.15) is 5.75 Å². The normalized spacial score (nSPS) is 19.7. The fourth-order valence-corrected chi connectivity index (χ4v) is 10.7. The smallest absolute Gasteiger partial charge is 0.155 e. The van der Waals surface area contributed by atoms with Crippen LogP contribution in [-0.4, -0.2) is 9.13 Å². The molecule has 13 rings (SSSR count). The highest BCUT2D eigenvalue weighted by atomic mass is 16.5. The molecule has 8 aromatic rings. The Kier molecular flexibility index (Phi) is 7.80. The summed E-state index contributed by atoms with van der Waals surface area (Å²) >= 11 is 0. The molecule has 0 saturated heterocycles. The maximum absolute atomic E-state index is 7.11. The number of rotatable bonds is 6. The summed E-state index contributed by atoms with van der Waals surface area (Å²) < 4.78 is 12.2. The molecule has 1 fully saturated rings. The van der Waals surface area contributed by atoms with Crippen molar-refractivity contribution in [2.24, 2.45) is 5.92 Å². The van der Waals surface area contributed by atoms with Gasteiger partial charge in [0.25, 0.3) is 0 Å². The predicted molar refractivity (Wildman–Crippen MR) is 258 cm³/mol. The molecule has 5 aliphatic rings. The predicted octanol–water partition coefficient (Wildman–Crippen LogP) is 14.7. The summed E-state index contributed by atoms with van der Waals surface area (Å²) in [6, 6.07) is 46.8. The van der Waals surface area contributed by atoms with Crippen LogP contribution in [0.4, 0.5) is 5.69 Å². The fraction of sp³-hybridized carbons (Fsp3) is 0.103.